The fraction of sp³-hybridized carbons (Fsp3) is 0.714. The van der Waals surface area contributed by atoms with Crippen LogP contribution in [0, 0.1) is 12.8 Å². The van der Waals surface area contributed by atoms with Gasteiger partial charge in [-0.25, -0.2) is 0 Å². The van der Waals surface area contributed by atoms with Gasteiger partial charge in [-0.1, -0.05) is 20.3 Å². The van der Waals surface area contributed by atoms with Crippen molar-refractivity contribution in [2.24, 2.45) is 5.92 Å². The van der Waals surface area contributed by atoms with Gasteiger partial charge in [-0.3, -0.25) is 0 Å². The van der Waals surface area contributed by atoms with E-state index in [1.54, 1.807) is 0 Å². The molecular formula is C14H25NOS. The summed E-state index contributed by atoms with van der Waals surface area (Å²) in [6, 6.07) is 4.36. The molecule has 0 aliphatic heterocycles. The van der Waals surface area contributed by atoms with Crippen molar-refractivity contribution < 1.29 is 4.74 Å². The molecule has 0 saturated carbocycles. The molecule has 1 unspecified atom stereocenters. The smallest absolute Gasteiger partial charge is 0.0591 e. The first-order valence-electron chi connectivity index (χ1n) is 6.56. The molecule has 98 valence electrons. The van der Waals surface area contributed by atoms with Crippen molar-refractivity contribution in [3.63, 3.8) is 0 Å². The van der Waals surface area contributed by atoms with Crippen LogP contribution >= 0.6 is 11.3 Å². The molecule has 0 aliphatic rings. The lowest BCUT2D eigenvalue weighted by atomic mass is 10.1. The number of ether oxygens (including phenoxy) is 1. The zero-order chi connectivity index (χ0) is 12.5. The molecule has 0 aliphatic carbocycles. The maximum atomic E-state index is 5.63. The molecule has 0 spiro atoms. The fourth-order valence-corrected chi connectivity index (χ4v) is 2.66. The Morgan fingerprint density at radius 2 is 2.24 bits per heavy atom. The zero-order valence-corrected chi connectivity index (χ0v) is 12.1. The van der Waals surface area contributed by atoms with Crippen LogP contribution in [0.3, 0.4) is 0 Å². The second kappa shape index (κ2) is 8.67. The molecule has 0 amide bonds. The molecule has 0 bridgehead atoms. The van der Waals surface area contributed by atoms with E-state index in [-0.39, 0.29) is 0 Å². The van der Waals surface area contributed by atoms with Gasteiger partial charge in [-0.15, -0.1) is 11.3 Å². The summed E-state index contributed by atoms with van der Waals surface area (Å²) in [6.45, 7) is 10.2. The van der Waals surface area contributed by atoms with E-state index in [4.69, 9.17) is 4.74 Å². The Hall–Kier alpha value is -0.380. The fourth-order valence-electron chi connectivity index (χ4n) is 1.80. The van der Waals surface area contributed by atoms with Crippen molar-refractivity contribution in [3.8, 4) is 0 Å². The molecule has 3 heteroatoms. The Morgan fingerprint density at radius 1 is 1.41 bits per heavy atom. The Balaban J connectivity index is 1.94. The van der Waals surface area contributed by atoms with E-state index in [2.05, 4.69) is 38.2 Å². The van der Waals surface area contributed by atoms with E-state index in [0.717, 1.165) is 26.3 Å². The molecule has 2 nitrogen and oxygen atoms in total. The molecule has 1 rings (SSSR count). The first-order chi connectivity index (χ1) is 8.22. The summed E-state index contributed by atoms with van der Waals surface area (Å²) in [7, 11) is 0. The molecule has 1 heterocycles. The van der Waals surface area contributed by atoms with E-state index < -0.39 is 0 Å². The molecule has 1 atom stereocenters. The minimum Gasteiger partial charge on any atom is -0.380 e. The van der Waals surface area contributed by atoms with E-state index in [9.17, 15) is 0 Å². The van der Waals surface area contributed by atoms with Crippen LogP contribution in [0.2, 0.25) is 0 Å². The Morgan fingerprint density at radius 3 is 2.88 bits per heavy atom. The summed E-state index contributed by atoms with van der Waals surface area (Å²) in [5.41, 5.74) is 0. The Labute approximate surface area is 109 Å². The summed E-state index contributed by atoms with van der Waals surface area (Å²) in [4.78, 5) is 2.79. The Kier molecular flexibility index (Phi) is 7.49. The monoisotopic (exact) mass is 255 g/mol. The lowest BCUT2D eigenvalue weighted by molar-refractivity contribution is 0.103. The van der Waals surface area contributed by atoms with Crippen LogP contribution in [0.25, 0.3) is 0 Å². The molecule has 0 fully saturated rings. The van der Waals surface area contributed by atoms with Crippen molar-refractivity contribution in [3.05, 3.63) is 21.9 Å². The number of hydrogen-bond acceptors (Lipinski definition) is 3. The zero-order valence-electron chi connectivity index (χ0n) is 11.3. The number of thiophene rings is 1. The largest absolute Gasteiger partial charge is 0.380 e. The summed E-state index contributed by atoms with van der Waals surface area (Å²) < 4.78 is 5.63. The maximum Gasteiger partial charge on any atom is 0.0591 e. The minimum atomic E-state index is 0.694. The van der Waals surface area contributed by atoms with Crippen LogP contribution in [-0.4, -0.2) is 19.8 Å². The van der Waals surface area contributed by atoms with E-state index in [0.29, 0.717) is 5.92 Å². The number of hydrogen-bond donors (Lipinski definition) is 1. The number of nitrogens with one attached hydrogen (secondary N) is 1. The summed E-state index contributed by atoms with van der Waals surface area (Å²) in [5, 5.41) is 3.41. The highest BCUT2D eigenvalue weighted by Crippen LogP contribution is 2.14. The van der Waals surface area contributed by atoms with Crippen molar-refractivity contribution >= 4 is 11.3 Å². The van der Waals surface area contributed by atoms with Gasteiger partial charge in [0.25, 0.3) is 0 Å². The SMILES string of the molecule is CCCC(C)COCCNCc1ccc(C)s1. The van der Waals surface area contributed by atoms with Crippen molar-refractivity contribution in [1.29, 1.82) is 0 Å². The van der Waals surface area contributed by atoms with E-state index in [1.807, 2.05) is 11.3 Å². The van der Waals surface area contributed by atoms with Gasteiger partial charge in [-0.2, -0.15) is 0 Å². The van der Waals surface area contributed by atoms with Crippen LogP contribution in [0.5, 0.6) is 0 Å². The van der Waals surface area contributed by atoms with Crippen molar-refractivity contribution in [2.75, 3.05) is 19.8 Å². The van der Waals surface area contributed by atoms with Gasteiger partial charge in [0.2, 0.25) is 0 Å². The van der Waals surface area contributed by atoms with Crippen LogP contribution in [0.1, 0.15) is 36.4 Å². The van der Waals surface area contributed by atoms with Crippen molar-refractivity contribution in [2.45, 2.75) is 40.2 Å². The predicted molar refractivity (Wildman–Crippen MR) is 75.7 cm³/mol. The molecule has 0 radical (unpaired) electrons. The molecule has 1 aromatic heterocycles. The van der Waals surface area contributed by atoms with E-state index in [1.165, 1.54) is 22.6 Å². The first kappa shape index (κ1) is 14.7. The molecular weight excluding hydrogens is 230 g/mol. The average molecular weight is 255 g/mol. The van der Waals surface area contributed by atoms with Gasteiger partial charge in [0.05, 0.1) is 6.61 Å². The van der Waals surface area contributed by atoms with Crippen LogP contribution in [0.15, 0.2) is 12.1 Å². The lowest BCUT2D eigenvalue weighted by Gasteiger charge is -2.10. The van der Waals surface area contributed by atoms with Crippen LogP contribution in [0.4, 0.5) is 0 Å². The normalized spacial score (nSPS) is 12.9. The van der Waals surface area contributed by atoms with Gasteiger partial charge in [0, 0.05) is 29.5 Å². The van der Waals surface area contributed by atoms with E-state index >= 15 is 0 Å². The molecule has 0 saturated heterocycles. The Bertz CT molecular complexity index is 298. The molecule has 0 aromatic carbocycles. The van der Waals surface area contributed by atoms with Gasteiger partial charge in [-0.05, 0) is 31.4 Å². The third-order valence-corrected chi connectivity index (χ3v) is 3.70. The average Bonchev–Trinajstić information content (AvgIpc) is 2.70. The van der Waals surface area contributed by atoms with Gasteiger partial charge < -0.3 is 10.1 Å². The number of aryl methyl sites for hydroxylation is 1. The molecule has 1 N–H and O–H groups in total. The van der Waals surface area contributed by atoms with Crippen molar-refractivity contribution in [1.82, 2.24) is 5.32 Å². The predicted octanol–water partition coefficient (Wildman–Crippen LogP) is 3.60. The quantitative estimate of drug-likeness (QED) is 0.681. The highest BCUT2D eigenvalue weighted by Gasteiger charge is 2.00. The van der Waals surface area contributed by atoms with Crippen LogP contribution in [-0.2, 0) is 11.3 Å². The second-order valence-electron chi connectivity index (χ2n) is 4.66. The third-order valence-electron chi connectivity index (χ3n) is 2.70. The highest BCUT2D eigenvalue weighted by atomic mass is 32.1. The third kappa shape index (κ3) is 6.81. The summed E-state index contributed by atoms with van der Waals surface area (Å²) in [6.07, 6.45) is 2.52. The summed E-state index contributed by atoms with van der Waals surface area (Å²) in [5.74, 6) is 0.694. The lowest BCUT2D eigenvalue weighted by Crippen LogP contribution is -2.20. The second-order valence-corrected chi connectivity index (χ2v) is 6.03. The minimum absolute atomic E-state index is 0.694. The topological polar surface area (TPSA) is 21.3 Å². The van der Waals surface area contributed by atoms with Gasteiger partial charge >= 0.3 is 0 Å². The highest BCUT2D eigenvalue weighted by molar-refractivity contribution is 7.11. The standard InChI is InChI=1S/C14H25NOS/c1-4-5-12(2)11-16-9-8-15-10-14-7-6-13(3)17-14/h6-7,12,15H,4-5,8-11H2,1-3H3. The maximum absolute atomic E-state index is 5.63. The van der Waals surface area contributed by atoms with Gasteiger partial charge in [0.15, 0.2) is 0 Å². The molecule has 1 aromatic rings. The number of rotatable bonds is 9. The van der Waals surface area contributed by atoms with Crippen LogP contribution < -0.4 is 5.32 Å². The molecule has 17 heavy (non-hydrogen) atoms. The van der Waals surface area contributed by atoms with Gasteiger partial charge in [0.1, 0.15) is 0 Å². The first-order valence-corrected chi connectivity index (χ1v) is 7.37. The summed E-state index contributed by atoms with van der Waals surface area (Å²) >= 11 is 1.86.